The standard InChI is InChI=1S/C28H40N4O4S2.ClH/c1-6-9-17-31(18-10-7-2)38(34,35)24-14-11-22(12-15-24)27(33)32(20-19-30(4)5)28-29-25-16-13-23(36-8-3)21-26(25)37-28;/h11-16,21H,6-10,17-20H2,1-5H3;1H. The van der Waals surface area contributed by atoms with E-state index in [0.717, 1.165) is 41.6 Å². The fourth-order valence-corrected chi connectivity index (χ4v) is 6.48. The van der Waals surface area contributed by atoms with Gasteiger partial charge < -0.3 is 9.64 Å². The van der Waals surface area contributed by atoms with E-state index in [1.165, 1.54) is 11.3 Å². The van der Waals surface area contributed by atoms with Crippen LogP contribution < -0.4 is 9.64 Å². The highest BCUT2D eigenvalue weighted by Crippen LogP contribution is 2.32. The molecule has 8 nitrogen and oxygen atoms in total. The molecule has 0 N–H and O–H groups in total. The summed E-state index contributed by atoms with van der Waals surface area (Å²) in [6.45, 7) is 8.72. The molecule has 0 aliphatic carbocycles. The van der Waals surface area contributed by atoms with Crippen molar-refractivity contribution in [3.05, 3.63) is 48.0 Å². The van der Waals surface area contributed by atoms with Crippen molar-refractivity contribution in [1.29, 1.82) is 0 Å². The Morgan fingerprint density at radius 2 is 1.56 bits per heavy atom. The largest absolute Gasteiger partial charge is 0.494 e. The maximum Gasteiger partial charge on any atom is 0.260 e. The maximum absolute atomic E-state index is 13.7. The number of hydrogen-bond acceptors (Lipinski definition) is 7. The maximum atomic E-state index is 13.7. The summed E-state index contributed by atoms with van der Waals surface area (Å²) in [5.74, 6) is 0.554. The van der Waals surface area contributed by atoms with Crippen LogP contribution in [0.25, 0.3) is 10.2 Å². The fourth-order valence-electron chi connectivity index (χ4n) is 3.94. The molecule has 0 atom stereocenters. The SMILES string of the molecule is CCCCN(CCCC)S(=O)(=O)c1ccc(C(=O)N(CCN(C)C)c2nc3ccc(OCC)cc3s2)cc1.Cl. The topological polar surface area (TPSA) is 83.1 Å². The van der Waals surface area contributed by atoms with Crippen LogP contribution in [0.4, 0.5) is 5.13 Å². The molecule has 1 heterocycles. The molecule has 11 heteroatoms. The summed E-state index contributed by atoms with van der Waals surface area (Å²) in [5.41, 5.74) is 1.22. The minimum Gasteiger partial charge on any atom is -0.494 e. The van der Waals surface area contributed by atoms with Crippen molar-refractivity contribution in [2.75, 3.05) is 51.8 Å². The van der Waals surface area contributed by atoms with Crippen LogP contribution >= 0.6 is 23.7 Å². The lowest BCUT2D eigenvalue weighted by Crippen LogP contribution is -2.37. The van der Waals surface area contributed by atoms with Gasteiger partial charge in [0.1, 0.15) is 5.75 Å². The lowest BCUT2D eigenvalue weighted by molar-refractivity contribution is 0.0985. The van der Waals surface area contributed by atoms with E-state index in [-0.39, 0.29) is 23.2 Å². The summed E-state index contributed by atoms with van der Waals surface area (Å²) < 4.78 is 34.8. The molecule has 0 radical (unpaired) electrons. The van der Waals surface area contributed by atoms with Crippen molar-refractivity contribution in [1.82, 2.24) is 14.2 Å². The average Bonchev–Trinajstić information content (AvgIpc) is 3.31. The lowest BCUT2D eigenvalue weighted by Gasteiger charge is -2.23. The molecule has 0 saturated carbocycles. The van der Waals surface area contributed by atoms with Crippen LogP contribution in [0.15, 0.2) is 47.4 Å². The molecule has 3 rings (SSSR count). The van der Waals surface area contributed by atoms with Crippen LogP contribution in [-0.2, 0) is 10.0 Å². The first-order valence-corrected chi connectivity index (χ1v) is 15.6. The van der Waals surface area contributed by atoms with E-state index in [9.17, 15) is 13.2 Å². The molecular weight excluding hydrogens is 556 g/mol. The quantitative estimate of drug-likeness (QED) is 0.217. The van der Waals surface area contributed by atoms with Gasteiger partial charge in [-0.25, -0.2) is 13.4 Å². The first-order chi connectivity index (χ1) is 18.2. The number of amides is 1. The number of anilines is 1. The van der Waals surface area contributed by atoms with Gasteiger partial charge >= 0.3 is 0 Å². The summed E-state index contributed by atoms with van der Waals surface area (Å²) in [6.07, 6.45) is 3.48. The molecule has 2 aromatic carbocycles. The second-order valence-corrected chi connectivity index (χ2v) is 12.4. The molecule has 0 spiro atoms. The molecule has 1 aromatic heterocycles. The number of aromatic nitrogens is 1. The zero-order valence-corrected chi connectivity index (χ0v) is 26.0. The normalized spacial score (nSPS) is 11.7. The summed E-state index contributed by atoms with van der Waals surface area (Å²) in [4.78, 5) is 22.3. The zero-order chi connectivity index (χ0) is 27.7. The Hall–Kier alpha value is -2.24. The van der Waals surface area contributed by atoms with Gasteiger partial charge in [0, 0.05) is 31.7 Å². The second-order valence-electron chi connectivity index (χ2n) is 9.45. The molecule has 0 fully saturated rings. The van der Waals surface area contributed by atoms with E-state index in [1.54, 1.807) is 33.5 Å². The van der Waals surface area contributed by atoms with Gasteiger partial charge in [-0.15, -0.1) is 12.4 Å². The third-order valence-corrected chi connectivity index (χ3v) is 9.12. The number of carbonyl (C=O) groups excluding carboxylic acids is 1. The Morgan fingerprint density at radius 3 is 2.13 bits per heavy atom. The van der Waals surface area contributed by atoms with Crippen molar-refractivity contribution in [3.8, 4) is 5.75 Å². The van der Waals surface area contributed by atoms with Gasteiger partial charge in [-0.05, 0) is 76.3 Å². The molecule has 39 heavy (non-hydrogen) atoms. The van der Waals surface area contributed by atoms with Crippen LogP contribution in [0, 0.1) is 0 Å². The number of nitrogens with zero attached hydrogens (tertiary/aromatic N) is 4. The van der Waals surface area contributed by atoms with Crippen molar-refractivity contribution >= 4 is 55.0 Å². The smallest absolute Gasteiger partial charge is 0.260 e. The summed E-state index contributed by atoms with van der Waals surface area (Å²) in [5, 5.41) is 0.600. The van der Waals surface area contributed by atoms with E-state index < -0.39 is 10.0 Å². The number of ether oxygens (including phenoxy) is 1. The molecule has 0 saturated heterocycles. The number of carbonyl (C=O) groups is 1. The molecule has 0 aliphatic rings. The number of likely N-dealkylation sites (N-methyl/N-ethyl adjacent to an activating group) is 1. The number of unbranched alkanes of at least 4 members (excludes halogenated alkanes) is 2. The highest BCUT2D eigenvalue weighted by Gasteiger charge is 2.26. The van der Waals surface area contributed by atoms with Crippen molar-refractivity contribution in [3.63, 3.8) is 0 Å². The predicted octanol–water partition coefficient (Wildman–Crippen LogP) is 5.92. The van der Waals surface area contributed by atoms with Crippen LogP contribution in [-0.4, -0.2) is 75.4 Å². The van der Waals surface area contributed by atoms with Gasteiger partial charge in [0.25, 0.3) is 5.91 Å². The number of rotatable bonds is 15. The van der Waals surface area contributed by atoms with Gasteiger partial charge in [-0.1, -0.05) is 38.0 Å². The van der Waals surface area contributed by atoms with Crippen LogP contribution in [0.2, 0.25) is 0 Å². The monoisotopic (exact) mass is 596 g/mol. The van der Waals surface area contributed by atoms with Gasteiger partial charge in [-0.3, -0.25) is 9.69 Å². The Bertz CT molecular complexity index is 1290. The lowest BCUT2D eigenvalue weighted by atomic mass is 10.2. The fraction of sp³-hybridized carbons (Fsp3) is 0.500. The number of halogens is 1. The van der Waals surface area contributed by atoms with E-state index >= 15 is 0 Å². The van der Waals surface area contributed by atoms with E-state index in [2.05, 4.69) is 13.8 Å². The summed E-state index contributed by atoms with van der Waals surface area (Å²) in [6, 6.07) is 12.0. The number of fused-ring (bicyclic) bond motifs is 1. The molecule has 0 aliphatic heterocycles. The van der Waals surface area contributed by atoms with Gasteiger partial charge in [-0.2, -0.15) is 4.31 Å². The number of benzene rings is 2. The third-order valence-electron chi connectivity index (χ3n) is 6.17. The third kappa shape index (κ3) is 8.62. The number of hydrogen-bond donors (Lipinski definition) is 0. The number of thiazole rings is 1. The first kappa shape index (κ1) is 33.0. The first-order valence-electron chi connectivity index (χ1n) is 13.3. The minimum atomic E-state index is -3.63. The van der Waals surface area contributed by atoms with Crippen molar-refractivity contribution in [2.45, 2.75) is 51.3 Å². The van der Waals surface area contributed by atoms with E-state index in [4.69, 9.17) is 9.72 Å². The van der Waals surface area contributed by atoms with Gasteiger partial charge in [0.05, 0.1) is 21.7 Å². The Labute approximate surface area is 243 Å². The van der Waals surface area contributed by atoms with Crippen molar-refractivity contribution < 1.29 is 17.9 Å². The molecule has 216 valence electrons. The average molecular weight is 597 g/mol. The molecule has 3 aromatic rings. The predicted molar refractivity (Wildman–Crippen MR) is 163 cm³/mol. The molecule has 0 unspecified atom stereocenters. The second kappa shape index (κ2) is 15.5. The molecule has 1 amide bonds. The Kier molecular flexibility index (Phi) is 13.1. The summed E-state index contributed by atoms with van der Waals surface area (Å²) >= 11 is 1.44. The van der Waals surface area contributed by atoms with E-state index in [1.807, 2.05) is 44.1 Å². The molecular formula is C28H41ClN4O4S2. The van der Waals surface area contributed by atoms with Gasteiger partial charge in [0.2, 0.25) is 10.0 Å². The minimum absolute atomic E-state index is 0. The summed E-state index contributed by atoms with van der Waals surface area (Å²) in [7, 11) is 0.284. The zero-order valence-electron chi connectivity index (χ0n) is 23.6. The molecule has 0 bridgehead atoms. The van der Waals surface area contributed by atoms with Gasteiger partial charge in [0.15, 0.2) is 5.13 Å². The number of sulfonamides is 1. The highest BCUT2D eigenvalue weighted by atomic mass is 35.5. The van der Waals surface area contributed by atoms with Crippen LogP contribution in [0.5, 0.6) is 5.75 Å². The Balaban J connectivity index is 0.00000533. The van der Waals surface area contributed by atoms with Crippen molar-refractivity contribution in [2.24, 2.45) is 0 Å². The van der Waals surface area contributed by atoms with Crippen LogP contribution in [0.1, 0.15) is 56.8 Å². The van der Waals surface area contributed by atoms with Crippen LogP contribution in [0.3, 0.4) is 0 Å². The van der Waals surface area contributed by atoms with E-state index in [0.29, 0.717) is 43.5 Å². The highest BCUT2D eigenvalue weighted by molar-refractivity contribution is 7.89. The Morgan fingerprint density at radius 1 is 0.923 bits per heavy atom.